The van der Waals surface area contributed by atoms with Crippen molar-refractivity contribution in [3.8, 4) is 89.0 Å². The Balaban J connectivity index is 0.954. The number of rotatable bonds is 8. The van der Waals surface area contributed by atoms with Crippen LogP contribution in [0.15, 0.2) is 313 Å². The maximum absolute atomic E-state index is 17.3. The second-order valence-corrected chi connectivity index (χ2v) is 23.1. The molecule has 0 aromatic heterocycles. The molecule has 0 fully saturated rings. The fourth-order valence-corrected chi connectivity index (χ4v) is 15.2. The van der Waals surface area contributed by atoms with E-state index >= 15 is 9.59 Å². The van der Waals surface area contributed by atoms with Gasteiger partial charge in [0.2, 0.25) is 0 Å². The standard InChI is InChI=1S/C82H52O2/c83-81-77-73-65-41-57(49-25-9-1-10-26-49)58(50-27-11-2-12-28-50)42-66(65)74(68-44-60(52-31-15-4-16-32-52)59(43-67(68)73)51-29-13-3-14-30-51)78(77)82(84)80-76-71-47-63(55-37-21-7-22-38-55)61(53-33-17-5-18-34-53)45-69(71)75(79(80)81)70-46-62(54-35-19-6-20-36-54)64(48-72(70)76)56-39-23-8-24-40-56/h1-48,73-76H. The molecule has 0 saturated carbocycles. The van der Waals surface area contributed by atoms with Gasteiger partial charge >= 0.3 is 0 Å². The number of Topliss-reactive ketones (excluding diaryl/α,β-unsaturated/α-hetero) is 2. The molecule has 12 aromatic rings. The van der Waals surface area contributed by atoms with Crippen molar-refractivity contribution in [2.75, 3.05) is 0 Å². The molecule has 0 atom stereocenters. The van der Waals surface area contributed by atoms with Gasteiger partial charge in [0.1, 0.15) is 0 Å². The van der Waals surface area contributed by atoms with E-state index < -0.39 is 23.7 Å². The highest BCUT2D eigenvalue weighted by molar-refractivity contribution is 6.30. The highest BCUT2D eigenvalue weighted by Crippen LogP contribution is 2.66. The number of hydrogen-bond donors (Lipinski definition) is 0. The number of hydrogen-bond acceptors (Lipinski definition) is 2. The summed E-state index contributed by atoms with van der Waals surface area (Å²) in [7, 11) is 0. The van der Waals surface area contributed by atoms with Crippen LogP contribution in [0.3, 0.4) is 0 Å². The third-order valence-corrected chi connectivity index (χ3v) is 18.8. The Hall–Kier alpha value is -10.5. The Morgan fingerprint density at radius 1 is 0.167 bits per heavy atom. The van der Waals surface area contributed by atoms with E-state index in [1.54, 1.807) is 0 Å². The topological polar surface area (TPSA) is 34.1 Å². The van der Waals surface area contributed by atoms with Crippen LogP contribution in [-0.2, 0) is 9.59 Å². The number of benzene rings is 12. The van der Waals surface area contributed by atoms with Gasteiger partial charge in [0.15, 0.2) is 11.6 Å². The molecule has 2 heteroatoms. The molecule has 0 spiro atoms. The largest absolute Gasteiger partial charge is 0.289 e. The quantitative estimate of drug-likeness (QED) is 0.142. The van der Waals surface area contributed by atoms with Gasteiger partial charge in [-0.05, 0) is 182 Å². The molecular formula is C82H52O2. The lowest BCUT2D eigenvalue weighted by molar-refractivity contribution is -0.117. The van der Waals surface area contributed by atoms with E-state index in [1.807, 2.05) is 0 Å². The van der Waals surface area contributed by atoms with Crippen LogP contribution in [0.4, 0.5) is 0 Å². The third kappa shape index (κ3) is 7.23. The summed E-state index contributed by atoms with van der Waals surface area (Å²) in [4.78, 5) is 34.5. The Labute approximate surface area is 489 Å². The van der Waals surface area contributed by atoms with Gasteiger partial charge in [0.25, 0.3) is 0 Å². The van der Waals surface area contributed by atoms with Crippen LogP contribution in [0.25, 0.3) is 89.0 Å². The number of carbonyl (C=O) groups excluding carboxylic acids is 2. The Bertz CT molecular complexity index is 3880. The summed E-state index contributed by atoms with van der Waals surface area (Å²) in [5, 5.41) is 0. The summed E-state index contributed by atoms with van der Waals surface area (Å²) >= 11 is 0. The van der Waals surface area contributed by atoms with Crippen molar-refractivity contribution < 1.29 is 9.59 Å². The minimum Gasteiger partial charge on any atom is -0.289 e. The summed E-state index contributed by atoms with van der Waals surface area (Å²) < 4.78 is 0. The summed E-state index contributed by atoms with van der Waals surface area (Å²) in [6.45, 7) is 0. The number of ketones is 2. The smallest absolute Gasteiger partial charge is 0.187 e. The summed E-state index contributed by atoms with van der Waals surface area (Å²) in [5.41, 5.74) is 28.8. The summed E-state index contributed by atoms with van der Waals surface area (Å²) in [6.07, 6.45) is 0. The van der Waals surface area contributed by atoms with E-state index in [-0.39, 0.29) is 11.6 Å². The van der Waals surface area contributed by atoms with Gasteiger partial charge in [-0.1, -0.05) is 243 Å². The van der Waals surface area contributed by atoms with Crippen molar-refractivity contribution in [3.05, 3.63) is 358 Å². The van der Waals surface area contributed by atoms with Gasteiger partial charge in [0, 0.05) is 46.0 Å². The molecule has 12 aromatic carbocycles. The van der Waals surface area contributed by atoms with Gasteiger partial charge < -0.3 is 0 Å². The molecule has 0 aliphatic heterocycles. The Morgan fingerprint density at radius 2 is 0.286 bits per heavy atom. The average Bonchev–Trinajstić information content (AvgIpc) is 1.72. The lowest BCUT2D eigenvalue weighted by Gasteiger charge is -2.50. The minimum atomic E-state index is -0.528. The fourth-order valence-electron chi connectivity index (χ4n) is 15.2. The Morgan fingerprint density at radius 3 is 0.405 bits per heavy atom. The Kier molecular flexibility index (Phi) is 10.9. The molecule has 0 N–H and O–H groups in total. The van der Waals surface area contributed by atoms with Gasteiger partial charge in [-0.15, -0.1) is 0 Å². The van der Waals surface area contributed by atoms with Gasteiger partial charge in [-0.25, -0.2) is 0 Å². The van der Waals surface area contributed by atoms with Crippen molar-refractivity contribution in [2.24, 2.45) is 0 Å². The molecule has 392 valence electrons. The first-order valence-electron chi connectivity index (χ1n) is 29.3. The van der Waals surface area contributed by atoms with E-state index in [0.29, 0.717) is 22.3 Å². The van der Waals surface area contributed by atoms with Crippen molar-refractivity contribution in [3.63, 3.8) is 0 Å². The zero-order chi connectivity index (χ0) is 55.6. The van der Waals surface area contributed by atoms with Crippen molar-refractivity contribution in [1.82, 2.24) is 0 Å². The van der Waals surface area contributed by atoms with Crippen LogP contribution in [0, 0.1) is 0 Å². The first kappa shape index (κ1) is 48.2. The van der Waals surface area contributed by atoms with Gasteiger partial charge in [-0.2, -0.15) is 0 Å². The second kappa shape index (κ2) is 19.0. The highest BCUT2D eigenvalue weighted by Gasteiger charge is 2.57. The van der Waals surface area contributed by atoms with E-state index in [9.17, 15) is 0 Å². The summed E-state index contributed by atoms with van der Waals surface area (Å²) in [6, 6.07) is 104. The first-order chi connectivity index (χ1) is 41.6. The molecular weight excluding hydrogens is 1020 g/mol. The van der Waals surface area contributed by atoms with Gasteiger partial charge in [-0.3, -0.25) is 9.59 Å². The fraction of sp³-hybridized carbons (Fsp3) is 0.0488. The normalized spacial score (nSPS) is 17.5. The van der Waals surface area contributed by atoms with Crippen molar-refractivity contribution in [2.45, 2.75) is 23.7 Å². The van der Waals surface area contributed by atoms with Crippen LogP contribution in [0.1, 0.15) is 68.2 Å². The van der Waals surface area contributed by atoms with Gasteiger partial charge in [0.05, 0.1) is 0 Å². The van der Waals surface area contributed by atoms with Crippen molar-refractivity contribution >= 4 is 11.6 Å². The van der Waals surface area contributed by atoms with E-state index in [2.05, 4.69) is 291 Å². The van der Waals surface area contributed by atoms with Crippen LogP contribution < -0.4 is 0 Å². The number of allylic oxidation sites excluding steroid dienone is 4. The van der Waals surface area contributed by atoms with Crippen molar-refractivity contribution in [1.29, 1.82) is 0 Å². The molecule has 84 heavy (non-hydrogen) atoms. The highest BCUT2D eigenvalue weighted by atomic mass is 16.1. The molecule has 19 rings (SSSR count). The molecule has 2 nitrogen and oxygen atoms in total. The SMILES string of the molecule is O=C1C2=C(C(=O)C3=C1C1c4cc(-c5ccccc5)c(-c5ccccc5)cc4C3c3cc(-c4ccccc4)c(-c4ccccc4)cc31)C1c3cc(-c4ccccc4)c(-c4ccccc4)cc3C2c2cc(-c3ccccc3)c(-c3ccccc3)cc21. The predicted octanol–water partition coefficient (Wildman–Crippen LogP) is 19.6. The molecule has 0 heterocycles. The maximum atomic E-state index is 17.3. The second-order valence-electron chi connectivity index (χ2n) is 23.1. The molecule has 0 radical (unpaired) electrons. The van der Waals surface area contributed by atoms with Crippen LogP contribution >= 0.6 is 0 Å². The lowest BCUT2D eigenvalue weighted by Crippen LogP contribution is -2.44. The zero-order valence-corrected chi connectivity index (χ0v) is 45.8. The molecule has 7 aliphatic rings. The molecule has 7 aliphatic carbocycles. The van der Waals surface area contributed by atoms with E-state index in [4.69, 9.17) is 0 Å². The molecule has 4 bridgehead atoms. The average molecular weight is 1070 g/mol. The van der Waals surface area contributed by atoms with E-state index in [1.165, 1.54) is 0 Å². The van der Waals surface area contributed by atoms with Crippen LogP contribution in [0.5, 0.6) is 0 Å². The third-order valence-electron chi connectivity index (χ3n) is 18.8. The number of carbonyl (C=O) groups is 2. The summed E-state index contributed by atoms with van der Waals surface area (Å²) in [5.74, 6) is -2.14. The predicted molar refractivity (Wildman–Crippen MR) is 341 cm³/mol. The van der Waals surface area contributed by atoms with Crippen LogP contribution in [-0.4, -0.2) is 11.6 Å². The molecule has 0 saturated heterocycles. The van der Waals surface area contributed by atoms with Crippen LogP contribution in [0.2, 0.25) is 0 Å². The van der Waals surface area contributed by atoms with E-state index in [0.717, 1.165) is 134 Å². The minimum absolute atomic E-state index is 0.0132. The lowest BCUT2D eigenvalue weighted by atomic mass is 9.50. The maximum Gasteiger partial charge on any atom is 0.187 e. The monoisotopic (exact) mass is 1070 g/mol. The molecule has 0 amide bonds. The molecule has 0 unspecified atom stereocenters. The first-order valence-corrected chi connectivity index (χ1v) is 29.3. The zero-order valence-electron chi connectivity index (χ0n) is 45.8.